The summed E-state index contributed by atoms with van der Waals surface area (Å²) >= 11 is 0. The van der Waals surface area contributed by atoms with Crippen LogP contribution in [0.5, 0.6) is 0 Å². The first-order valence-electron chi connectivity index (χ1n) is 8.29. The number of alkyl halides is 3. The highest BCUT2D eigenvalue weighted by atomic mass is 19.4. The van der Waals surface area contributed by atoms with E-state index >= 15 is 0 Å². The number of amides is 1. The van der Waals surface area contributed by atoms with E-state index in [1.54, 1.807) is 0 Å². The van der Waals surface area contributed by atoms with Gasteiger partial charge in [0.15, 0.2) is 0 Å². The number of hydrogen-bond acceptors (Lipinski definition) is 3. The summed E-state index contributed by atoms with van der Waals surface area (Å²) < 4.78 is 51.4. The number of anilines is 1. The van der Waals surface area contributed by atoms with Crippen molar-refractivity contribution in [3.63, 3.8) is 0 Å². The minimum Gasteiger partial charge on any atom is -0.399 e. The lowest BCUT2D eigenvalue weighted by atomic mass is 9.76. The molecule has 0 aromatic heterocycles. The highest BCUT2D eigenvalue weighted by molar-refractivity contribution is 6.64. The van der Waals surface area contributed by atoms with Gasteiger partial charge in [-0.05, 0) is 52.3 Å². The fourth-order valence-corrected chi connectivity index (χ4v) is 3.04. The zero-order valence-electron chi connectivity index (χ0n) is 14.7. The first-order valence-corrected chi connectivity index (χ1v) is 8.29. The van der Waals surface area contributed by atoms with Crippen molar-refractivity contribution >= 4 is 24.2 Å². The Labute approximate surface area is 145 Å². The van der Waals surface area contributed by atoms with Gasteiger partial charge in [0, 0.05) is 24.1 Å². The summed E-state index contributed by atoms with van der Waals surface area (Å²) in [4.78, 5) is 13.6. The van der Waals surface area contributed by atoms with Crippen LogP contribution in [0.15, 0.2) is 18.2 Å². The van der Waals surface area contributed by atoms with E-state index in [1.165, 1.54) is 11.0 Å². The molecule has 2 fully saturated rings. The van der Waals surface area contributed by atoms with Crippen molar-refractivity contribution in [2.45, 2.75) is 57.9 Å². The van der Waals surface area contributed by atoms with E-state index in [9.17, 15) is 18.0 Å². The standard InChI is InChI=1S/C17H21BF3NO3/c1-15(2)16(3,4)25-18(24-15)12-10-11(17(19,20)21)7-8-13(12)22-9-5-6-14(22)23/h7-8,10H,5-6,9H2,1-4H3. The van der Waals surface area contributed by atoms with Crippen molar-refractivity contribution in [3.8, 4) is 0 Å². The highest BCUT2D eigenvalue weighted by Gasteiger charge is 2.53. The van der Waals surface area contributed by atoms with Crippen molar-refractivity contribution < 1.29 is 27.3 Å². The smallest absolute Gasteiger partial charge is 0.399 e. The SMILES string of the molecule is CC1(C)OB(c2cc(C(F)(F)F)ccc2N2CCCC2=O)OC1(C)C. The maximum absolute atomic E-state index is 13.2. The molecule has 2 saturated heterocycles. The lowest BCUT2D eigenvalue weighted by Gasteiger charge is -2.32. The van der Waals surface area contributed by atoms with Gasteiger partial charge in [-0.15, -0.1) is 0 Å². The zero-order valence-corrected chi connectivity index (χ0v) is 14.7. The number of halogens is 3. The molecular weight excluding hydrogens is 334 g/mol. The topological polar surface area (TPSA) is 38.8 Å². The van der Waals surface area contributed by atoms with Gasteiger partial charge in [0.05, 0.1) is 16.8 Å². The molecule has 0 radical (unpaired) electrons. The summed E-state index contributed by atoms with van der Waals surface area (Å²) in [6, 6.07) is 3.37. The van der Waals surface area contributed by atoms with Crippen LogP contribution < -0.4 is 10.4 Å². The van der Waals surface area contributed by atoms with Gasteiger partial charge in [0.1, 0.15) is 0 Å². The van der Waals surface area contributed by atoms with E-state index in [0.717, 1.165) is 12.1 Å². The molecule has 1 amide bonds. The van der Waals surface area contributed by atoms with Gasteiger partial charge in [-0.3, -0.25) is 4.79 Å². The minimum absolute atomic E-state index is 0.0995. The van der Waals surface area contributed by atoms with Gasteiger partial charge in [0.2, 0.25) is 5.91 Å². The third-order valence-corrected chi connectivity index (χ3v) is 5.23. The van der Waals surface area contributed by atoms with Gasteiger partial charge in [-0.1, -0.05) is 0 Å². The van der Waals surface area contributed by atoms with E-state index in [0.29, 0.717) is 25.1 Å². The van der Waals surface area contributed by atoms with Crippen LogP contribution in [0, 0.1) is 0 Å². The lowest BCUT2D eigenvalue weighted by molar-refractivity contribution is -0.137. The van der Waals surface area contributed by atoms with Crippen LogP contribution in [0.25, 0.3) is 0 Å². The van der Waals surface area contributed by atoms with Crippen molar-refractivity contribution in [3.05, 3.63) is 23.8 Å². The average molecular weight is 355 g/mol. The van der Waals surface area contributed by atoms with Crippen LogP contribution in [0.1, 0.15) is 46.1 Å². The Morgan fingerprint density at radius 1 is 1.12 bits per heavy atom. The summed E-state index contributed by atoms with van der Waals surface area (Å²) in [7, 11) is -0.962. The molecule has 0 bridgehead atoms. The number of rotatable bonds is 2. The average Bonchev–Trinajstić information content (AvgIpc) is 2.98. The van der Waals surface area contributed by atoms with Crippen molar-refractivity contribution in [1.82, 2.24) is 0 Å². The van der Waals surface area contributed by atoms with Gasteiger partial charge in [-0.25, -0.2) is 0 Å². The molecule has 25 heavy (non-hydrogen) atoms. The van der Waals surface area contributed by atoms with Crippen LogP contribution in [-0.2, 0) is 20.3 Å². The largest absolute Gasteiger partial charge is 0.497 e. The predicted octanol–water partition coefficient (Wildman–Crippen LogP) is 3.13. The third-order valence-electron chi connectivity index (χ3n) is 5.23. The van der Waals surface area contributed by atoms with E-state index < -0.39 is 30.1 Å². The summed E-state index contributed by atoms with van der Waals surface area (Å²) in [6.07, 6.45) is -3.40. The Bertz CT molecular complexity index is 687. The number of carbonyl (C=O) groups excluding carboxylic acids is 1. The second-order valence-corrected chi connectivity index (χ2v) is 7.51. The first kappa shape index (κ1) is 18.3. The number of carbonyl (C=O) groups is 1. The first-order chi connectivity index (χ1) is 11.4. The van der Waals surface area contributed by atoms with Crippen LogP contribution in [0.4, 0.5) is 18.9 Å². The van der Waals surface area contributed by atoms with Crippen LogP contribution >= 0.6 is 0 Å². The molecule has 136 valence electrons. The van der Waals surface area contributed by atoms with Crippen LogP contribution in [0.3, 0.4) is 0 Å². The quantitative estimate of drug-likeness (QED) is 0.766. The number of hydrogen-bond donors (Lipinski definition) is 0. The van der Waals surface area contributed by atoms with Crippen molar-refractivity contribution in [1.29, 1.82) is 0 Å². The monoisotopic (exact) mass is 355 g/mol. The molecule has 4 nitrogen and oxygen atoms in total. The molecular formula is C17H21BF3NO3. The maximum atomic E-state index is 13.2. The fourth-order valence-electron chi connectivity index (χ4n) is 3.04. The Balaban J connectivity index is 2.07. The van der Waals surface area contributed by atoms with Gasteiger partial charge < -0.3 is 14.2 Å². The normalized spacial score (nSPS) is 22.8. The third kappa shape index (κ3) is 3.17. The van der Waals surface area contributed by atoms with E-state index in [4.69, 9.17) is 9.31 Å². The van der Waals surface area contributed by atoms with Crippen LogP contribution in [0.2, 0.25) is 0 Å². The molecule has 1 aromatic carbocycles. The summed E-state index contributed by atoms with van der Waals surface area (Å²) in [5.74, 6) is -0.0995. The second kappa shape index (κ2) is 5.74. The molecule has 0 saturated carbocycles. The molecule has 0 N–H and O–H groups in total. The Morgan fingerprint density at radius 2 is 1.72 bits per heavy atom. The molecule has 0 spiro atoms. The molecule has 2 aliphatic rings. The molecule has 0 aliphatic carbocycles. The Morgan fingerprint density at radius 3 is 2.20 bits per heavy atom. The van der Waals surface area contributed by atoms with E-state index in [2.05, 4.69) is 0 Å². The molecule has 8 heteroatoms. The maximum Gasteiger partial charge on any atom is 0.497 e. The fraction of sp³-hybridized carbons (Fsp3) is 0.588. The molecule has 2 heterocycles. The summed E-state index contributed by atoms with van der Waals surface area (Å²) in [5, 5.41) is 0. The van der Waals surface area contributed by atoms with Gasteiger partial charge in [-0.2, -0.15) is 13.2 Å². The predicted molar refractivity (Wildman–Crippen MR) is 88.7 cm³/mol. The minimum atomic E-state index is -4.48. The lowest BCUT2D eigenvalue weighted by Crippen LogP contribution is -2.41. The Kier molecular flexibility index (Phi) is 4.19. The van der Waals surface area contributed by atoms with Crippen molar-refractivity contribution in [2.24, 2.45) is 0 Å². The van der Waals surface area contributed by atoms with Gasteiger partial charge >= 0.3 is 13.3 Å². The van der Waals surface area contributed by atoms with E-state index in [-0.39, 0.29) is 11.4 Å². The van der Waals surface area contributed by atoms with Gasteiger partial charge in [0.25, 0.3) is 0 Å². The molecule has 0 unspecified atom stereocenters. The molecule has 1 aromatic rings. The van der Waals surface area contributed by atoms with E-state index in [1.807, 2.05) is 27.7 Å². The zero-order chi connectivity index (χ0) is 18.6. The molecule has 2 aliphatic heterocycles. The number of benzene rings is 1. The highest BCUT2D eigenvalue weighted by Crippen LogP contribution is 2.38. The summed E-state index contributed by atoms with van der Waals surface area (Å²) in [6.45, 7) is 7.82. The van der Waals surface area contributed by atoms with Crippen LogP contribution in [-0.4, -0.2) is 30.8 Å². The Hall–Kier alpha value is -1.54. The van der Waals surface area contributed by atoms with Crippen molar-refractivity contribution in [2.75, 3.05) is 11.4 Å². The summed E-state index contributed by atoms with van der Waals surface area (Å²) in [5.41, 5.74) is -1.48. The second-order valence-electron chi connectivity index (χ2n) is 7.51. The molecule has 3 rings (SSSR count). The number of nitrogens with zero attached hydrogens (tertiary/aromatic N) is 1. The molecule has 0 atom stereocenters.